The quantitative estimate of drug-likeness (QED) is 0.712. The Kier molecular flexibility index (Phi) is 1.84. The van der Waals surface area contributed by atoms with Gasteiger partial charge in [-0.25, -0.2) is 4.98 Å². The number of aromatic nitrogens is 2. The summed E-state index contributed by atoms with van der Waals surface area (Å²) in [6, 6.07) is 5.63. The van der Waals surface area contributed by atoms with E-state index in [1.165, 1.54) is 12.8 Å². The average Bonchev–Trinajstić information content (AvgIpc) is 3.00. The fraction of sp³-hybridized carbons (Fsp3) is 0.333. The molecule has 0 unspecified atom stereocenters. The third kappa shape index (κ3) is 1.54. The SMILES string of the molecule is O=Cc1ccc2ncn(CC3CC3)c2c1. The molecule has 0 aliphatic heterocycles. The van der Waals surface area contributed by atoms with E-state index in [-0.39, 0.29) is 0 Å². The van der Waals surface area contributed by atoms with Crippen LogP contribution in [0.4, 0.5) is 0 Å². The van der Waals surface area contributed by atoms with E-state index >= 15 is 0 Å². The molecule has 76 valence electrons. The molecular formula is C12H12N2O. The van der Waals surface area contributed by atoms with Gasteiger partial charge in [-0.15, -0.1) is 0 Å². The normalized spacial score (nSPS) is 15.7. The van der Waals surface area contributed by atoms with Crippen LogP contribution in [-0.4, -0.2) is 15.8 Å². The number of aldehydes is 1. The molecule has 1 aromatic carbocycles. The first-order chi connectivity index (χ1) is 7.36. The van der Waals surface area contributed by atoms with E-state index in [1.807, 2.05) is 24.5 Å². The van der Waals surface area contributed by atoms with E-state index in [0.29, 0.717) is 0 Å². The van der Waals surface area contributed by atoms with Crippen molar-refractivity contribution >= 4 is 17.3 Å². The van der Waals surface area contributed by atoms with Crippen LogP contribution in [0.15, 0.2) is 24.5 Å². The number of benzene rings is 1. The number of fused-ring (bicyclic) bond motifs is 1. The number of carbonyl (C=O) groups is 1. The molecule has 3 nitrogen and oxygen atoms in total. The zero-order chi connectivity index (χ0) is 10.3. The summed E-state index contributed by atoms with van der Waals surface area (Å²) in [6.07, 6.45) is 5.41. The lowest BCUT2D eigenvalue weighted by molar-refractivity contribution is 0.112. The van der Waals surface area contributed by atoms with Gasteiger partial charge in [0.15, 0.2) is 0 Å². The molecule has 1 heterocycles. The number of rotatable bonds is 3. The summed E-state index contributed by atoms with van der Waals surface area (Å²) in [5.41, 5.74) is 2.77. The number of carbonyl (C=O) groups excluding carboxylic acids is 1. The van der Waals surface area contributed by atoms with Gasteiger partial charge >= 0.3 is 0 Å². The maximum Gasteiger partial charge on any atom is 0.150 e. The molecule has 0 saturated heterocycles. The van der Waals surface area contributed by atoms with Gasteiger partial charge in [0, 0.05) is 12.1 Å². The molecule has 1 aromatic heterocycles. The molecule has 1 aliphatic rings. The van der Waals surface area contributed by atoms with E-state index in [1.54, 1.807) is 0 Å². The summed E-state index contributed by atoms with van der Waals surface area (Å²) >= 11 is 0. The van der Waals surface area contributed by atoms with Crippen molar-refractivity contribution in [2.24, 2.45) is 5.92 Å². The minimum absolute atomic E-state index is 0.722. The van der Waals surface area contributed by atoms with Crippen LogP contribution < -0.4 is 0 Å². The molecule has 0 bridgehead atoms. The predicted octanol–water partition coefficient (Wildman–Crippen LogP) is 2.26. The molecule has 3 heteroatoms. The summed E-state index contributed by atoms with van der Waals surface area (Å²) in [4.78, 5) is 15.0. The first-order valence-electron chi connectivity index (χ1n) is 5.27. The van der Waals surface area contributed by atoms with Gasteiger partial charge in [0.05, 0.1) is 17.4 Å². The third-order valence-electron chi connectivity index (χ3n) is 2.93. The van der Waals surface area contributed by atoms with Gasteiger partial charge in [0.1, 0.15) is 6.29 Å². The highest BCUT2D eigenvalue weighted by atomic mass is 16.1. The lowest BCUT2D eigenvalue weighted by atomic mass is 10.2. The standard InChI is InChI=1S/C12H12N2O/c15-7-10-3-4-11-12(5-10)14(8-13-11)6-9-1-2-9/h3-5,7-9H,1-2,6H2. The summed E-state index contributed by atoms with van der Waals surface area (Å²) in [5, 5.41) is 0. The van der Waals surface area contributed by atoms with Gasteiger partial charge in [-0.2, -0.15) is 0 Å². The van der Waals surface area contributed by atoms with Crippen LogP contribution in [0.5, 0.6) is 0 Å². The van der Waals surface area contributed by atoms with Crippen molar-refractivity contribution in [2.45, 2.75) is 19.4 Å². The van der Waals surface area contributed by atoms with Crippen LogP contribution in [0.25, 0.3) is 11.0 Å². The van der Waals surface area contributed by atoms with Crippen molar-refractivity contribution in [3.63, 3.8) is 0 Å². The Morgan fingerprint density at radius 2 is 2.33 bits per heavy atom. The van der Waals surface area contributed by atoms with E-state index < -0.39 is 0 Å². The van der Waals surface area contributed by atoms with Gasteiger partial charge < -0.3 is 4.57 Å². The van der Waals surface area contributed by atoms with Crippen molar-refractivity contribution in [2.75, 3.05) is 0 Å². The van der Waals surface area contributed by atoms with Crippen LogP contribution >= 0.6 is 0 Å². The van der Waals surface area contributed by atoms with E-state index in [4.69, 9.17) is 0 Å². The molecule has 0 radical (unpaired) electrons. The van der Waals surface area contributed by atoms with Gasteiger partial charge in [0.25, 0.3) is 0 Å². The van der Waals surface area contributed by atoms with E-state index in [9.17, 15) is 4.79 Å². The Balaban J connectivity index is 2.08. The molecule has 0 atom stereocenters. The Labute approximate surface area is 87.7 Å². The molecular weight excluding hydrogens is 188 g/mol. The second-order valence-corrected chi connectivity index (χ2v) is 4.21. The predicted molar refractivity (Wildman–Crippen MR) is 57.8 cm³/mol. The molecule has 3 rings (SSSR count). The van der Waals surface area contributed by atoms with Gasteiger partial charge in [-0.05, 0) is 37.0 Å². The molecule has 0 spiro atoms. The lowest BCUT2D eigenvalue weighted by Crippen LogP contribution is -1.97. The maximum absolute atomic E-state index is 10.7. The zero-order valence-electron chi connectivity index (χ0n) is 8.39. The second kappa shape index (κ2) is 3.19. The minimum Gasteiger partial charge on any atom is -0.330 e. The number of imidazole rings is 1. The highest BCUT2D eigenvalue weighted by Crippen LogP contribution is 2.31. The smallest absolute Gasteiger partial charge is 0.150 e. The molecule has 0 N–H and O–H groups in total. The van der Waals surface area contributed by atoms with Crippen molar-refractivity contribution in [1.29, 1.82) is 0 Å². The molecule has 15 heavy (non-hydrogen) atoms. The Hall–Kier alpha value is -1.64. The molecule has 1 saturated carbocycles. The summed E-state index contributed by atoms with van der Waals surface area (Å²) in [5.74, 6) is 0.822. The van der Waals surface area contributed by atoms with Gasteiger partial charge in [-0.1, -0.05) is 0 Å². The van der Waals surface area contributed by atoms with E-state index in [0.717, 1.165) is 35.3 Å². The molecule has 1 fully saturated rings. The molecule has 2 aromatic rings. The molecule has 1 aliphatic carbocycles. The zero-order valence-corrected chi connectivity index (χ0v) is 8.39. The highest BCUT2D eigenvalue weighted by molar-refractivity contribution is 5.84. The Morgan fingerprint density at radius 1 is 1.47 bits per heavy atom. The van der Waals surface area contributed by atoms with Crippen LogP contribution in [-0.2, 0) is 6.54 Å². The first kappa shape index (κ1) is 8.65. The number of hydrogen-bond acceptors (Lipinski definition) is 2. The van der Waals surface area contributed by atoms with Crippen molar-refractivity contribution in [3.05, 3.63) is 30.1 Å². The van der Waals surface area contributed by atoms with Gasteiger partial charge in [0.2, 0.25) is 0 Å². The monoisotopic (exact) mass is 200 g/mol. The van der Waals surface area contributed by atoms with Crippen LogP contribution in [0.1, 0.15) is 23.2 Å². The highest BCUT2D eigenvalue weighted by Gasteiger charge is 2.22. The topological polar surface area (TPSA) is 34.9 Å². The van der Waals surface area contributed by atoms with Crippen LogP contribution in [0.2, 0.25) is 0 Å². The van der Waals surface area contributed by atoms with Crippen molar-refractivity contribution in [3.8, 4) is 0 Å². The molecule has 0 amide bonds. The van der Waals surface area contributed by atoms with E-state index in [2.05, 4.69) is 9.55 Å². The van der Waals surface area contributed by atoms with Crippen molar-refractivity contribution < 1.29 is 4.79 Å². The van der Waals surface area contributed by atoms with Crippen LogP contribution in [0, 0.1) is 5.92 Å². The Bertz CT molecular complexity index is 511. The largest absolute Gasteiger partial charge is 0.330 e. The third-order valence-corrected chi connectivity index (χ3v) is 2.93. The minimum atomic E-state index is 0.722. The lowest BCUT2D eigenvalue weighted by Gasteiger charge is -2.02. The fourth-order valence-corrected chi connectivity index (χ4v) is 1.87. The summed E-state index contributed by atoms with van der Waals surface area (Å²) in [6.45, 7) is 1.04. The maximum atomic E-state index is 10.7. The van der Waals surface area contributed by atoms with Crippen LogP contribution in [0.3, 0.4) is 0 Å². The average molecular weight is 200 g/mol. The van der Waals surface area contributed by atoms with Gasteiger partial charge in [-0.3, -0.25) is 4.79 Å². The fourth-order valence-electron chi connectivity index (χ4n) is 1.87. The number of hydrogen-bond donors (Lipinski definition) is 0. The summed E-state index contributed by atoms with van der Waals surface area (Å²) < 4.78 is 2.15. The summed E-state index contributed by atoms with van der Waals surface area (Å²) in [7, 11) is 0. The number of nitrogens with zero attached hydrogens (tertiary/aromatic N) is 2. The Morgan fingerprint density at radius 3 is 3.07 bits per heavy atom. The second-order valence-electron chi connectivity index (χ2n) is 4.21. The first-order valence-corrected chi connectivity index (χ1v) is 5.27. The van der Waals surface area contributed by atoms with Crippen molar-refractivity contribution in [1.82, 2.24) is 9.55 Å².